The Labute approximate surface area is 183 Å². The second-order valence-electron chi connectivity index (χ2n) is 8.62. The second kappa shape index (κ2) is 9.45. The van der Waals surface area contributed by atoms with Crippen molar-refractivity contribution in [1.29, 1.82) is 0 Å². The summed E-state index contributed by atoms with van der Waals surface area (Å²) in [5, 5.41) is 6.63. The van der Waals surface area contributed by atoms with E-state index in [2.05, 4.69) is 41.0 Å². The van der Waals surface area contributed by atoms with Crippen LogP contribution in [0, 0.1) is 0 Å². The average Bonchev–Trinajstić information content (AvgIpc) is 3.45. The number of thiazole rings is 1. The topological polar surface area (TPSA) is 57.7 Å². The lowest BCUT2D eigenvalue weighted by Crippen LogP contribution is -2.48. The number of carbonyl (C=O) groups excluding carboxylic acids is 1. The van der Waals surface area contributed by atoms with Gasteiger partial charge in [-0.25, -0.2) is 4.98 Å². The molecule has 4 rings (SSSR count). The van der Waals surface area contributed by atoms with Crippen molar-refractivity contribution in [3.8, 4) is 0 Å². The van der Waals surface area contributed by atoms with Crippen molar-refractivity contribution in [2.75, 3.05) is 52.2 Å². The van der Waals surface area contributed by atoms with Crippen LogP contribution >= 0.6 is 11.3 Å². The largest absolute Gasteiger partial charge is 0.376 e. The maximum Gasteiger partial charge on any atom is 0.236 e. The molecule has 1 amide bonds. The monoisotopic (exact) mass is 428 g/mol. The zero-order valence-electron chi connectivity index (χ0n) is 18.0. The van der Waals surface area contributed by atoms with Gasteiger partial charge in [0.05, 0.1) is 18.3 Å². The van der Waals surface area contributed by atoms with E-state index < -0.39 is 0 Å². The Hall–Kier alpha value is -1.96. The van der Waals surface area contributed by atoms with Gasteiger partial charge in [0.2, 0.25) is 5.91 Å². The summed E-state index contributed by atoms with van der Waals surface area (Å²) in [6.07, 6.45) is 4.35. The number of nitrogens with one attached hydrogen (secondary N) is 1. The van der Waals surface area contributed by atoms with Crippen molar-refractivity contribution in [3.05, 3.63) is 47.0 Å². The standard InChI is InChI=1S/C23H32N4O2S/c1-26(2)16-21(28)27-12-10-23(11-13-27,18-7-4-3-5-8-18)20-17-30-22(25-20)24-15-19-9-6-14-29-19/h3-5,7-8,17,19H,6,9-16H2,1-2H3,(H,24,25). The molecule has 1 aromatic carbocycles. The molecule has 7 heteroatoms. The molecule has 1 atom stereocenters. The number of rotatable bonds is 7. The van der Waals surface area contributed by atoms with Crippen LogP contribution in [0.3, 0.4) is 0 Å². The van der Waals surface area contributed by atoms with E-state index in [0.717, 1.165) is 62.7 Å². The number of amides is 1. The van der Waals surface area contributed by atoms with E-state index in [4.69, 9.17) is 9.72 Å². The Morgan fingerprint density at radius 2 is 2.07 bits per heavy atom. The molecule has 30 heavy (non-hydrogen) atoms. The number of carbonyl (C=O) groups is 1. The zero-order chi connectivity index (χ0) is 21.0. The fourth-order valence-electron chi connectivity index (χ4n) is 4.54. The van der Waals surface area contributed by atoms with E-state index in [1.807, 2.05) is 23.9 Å². The normalized spacial score (nSPS) is 21.2. The van der Waals surface area contributed by atoms with E-state index >= 15 is 0 Å². The van der Waals surface area contributed by atoms with E-state index in [-0.39, 0.29) is 11.3 Å². The van der Waals surface area contributed by atoms with Crippen molar-refractivity contribution >= 4 is 22.4 Å². The summed E-state index contributed by atoms with van der Waals surface area (Å²) in [7, 11) is 3.88. The molecule has 6 nitrogen and oxygen atoms in total. The molecule has 1 N–H and O–H groups in total. The number of benzene rings is 1. The first-order chi connectivity index (χ1) is 14.6. The minimum atomic E-state index is -0.142. The molecule has 2 aliphatic heterocycles. The van der Waals surface area contributed by atoms with Crippen LogP contribution in [0.1, 0.15) is 36.9 Å². The first kappa shape index (κ1) is 21.3. The highest BCUT2D eigenvalue weighted by atomic mass is 32.1. The number of aromatic nitrogens is 1. The van der Waals surface area contributed by atoms with Gasteiger partial charge in [0.15, 0.2) is 5.13 Å². The fraction of sp³-hybridized carbons (Fsp3) is 0.565. The SMILES string of the molecule is CN(C)CC(=O)N1CCC(c2ccccc2)(c2csc(NCC3CCCO3)n2)CC1. The molecule has 2 aliphatic rings. The van der Waals surface area contributed by atoms with Crippen LogP contribution in [0.15, 0.2) is 35.7 Å². The van der Waals surface area contributed by atoms with Crippen molar-refractivity contribution in [1.82, 2.24) is 14.8 Å². The van der Waals surface area contributed by atoms with Crippen LogP contribution in [0.4, 0.5) is 5.13 Å². The highest BCUT2D eigenvalue weighted by Gasteiger charge is 2.40. The van der Waals surface area contributed by atoms with Crippen molar-refractivity contribution in [2.24, 2.45) is 0 Å². The van der Waals surface area contributed by atoms with Crippen LogP contribution in [-0.2, 0) is 14.9 Å². The van der Waals surface area contributed by atoms with Gasteiger partial charge in [0.25, 0.3) is 0 Å². The lowest BCUT2D eigenvalue weighted by molar-refractivity contribution is -0.133. The summed E-state index contributed by atoms with van der Waals surface area (Å²) in [4.78, 5) is 21.5. The molecule has 3 heterocycles. The molecule has 0 radical (unpaired) electrons. The van der Waals surface area contributed by atoms with Gasteiger partial charge in [-0.05, 0) is 45.3 Å². The third-order valence-electron chi connectivity index (χ3n) is 6.25. The summed E-state index contributed by atoms with van der Waals surface area (Å²) < 4.78 is 5.72. The van der Waals surface area contributed by atoms with Gasteiger partial charge in [-0.3, -0.25) is 4.79 Å². The summed E-state index contributed by atoms with van der Waals surface area (Å²) in [6.45, 7) is 3.68. The number of ether oxygens (including phenoxy) is 1. The maximum atomic E-state index is 12.6. The molecule has 0 aliphatic carbocycles. The Kier molecular flexibility index (Phi) is 6.71. The van der Waals surface area contributed by atoms with Crippen LogP contribution in [0.5, 0.6) is 0 Å². The molecular formula is C23H32N4O2S. The van der Waals surface area contributed by atoms with Gasteiger partial charge >= 0.3 is 0 Å². The van der Waals surface area contributed by atoms with Gasteiger partial charge < -0.3 is 19.9 Å². The molecule has 2 fully saturated rings. The first-order valence-electron chi connectivity index (χ1n) is 10.9. The Morgan fingerprint density at radius 1 is 1.30 bits per heavy atom. The number of hydrogen-bond acceptors (Lipinski definition) is 6. The summed E-state index contributed by atoms with van der Waals surface area (Å²) in [5.41, 5.74) is 2.27. The van der Waals surface area contributed by atoms with Crippen molar-refractivity contribution in [2.45, 2.75) is 37.2 Å². The number of anilines is 1. The number of piperidine rings is 1. The molecule has 162 valence electrons. The minimum Gasteiger partial charge on any atom is -0.376 e. The van der Waals surface area contributed by atoms with Crippen LogP contribution in [0.25, 0.3) is 0 Å². The molecule has 1 aromatic heterocycles. The fourth-order valence-corrected chi connectivity index (χ4v) is 5.36. The third kappa shape index (κ3) is 4.68. The summed E-state index contributed by atoms with van der Waals surface area (Å²) in [6, 6.07) is 10.7. The third-order valence-corrected chi connectivity index (χ3v) is 7.05. The van der Waals surface area contributed by atoms with Crippen LogP contribution in [0.2, 0.25) is 0 Å². The maximum absolute atomic E-state index is 12.6. The lowest BCUT2D eigenvalue weighted by atomic mass is 9.70. The predicted octanol–water partition coefficient (Wildman–Crippen LogP) is 3.20. The van der Waals surface area contributed by atoms with Gasteiger partial charge in [0, 0.05) is 37.0 Å². The second-order valence-corrected chi connectivity index (χ2v) is 9.48. The van der Waals surface area contributed by atoms with Crippen molar-refractivity contribution in [3.63, 3.8) is 0 Å². The zero-order valence-corrected chi connectivity index (χ0v) is 18.8. The van der Waals surface area contributed by atoms with E-state index in [1.54, 1.807) is 11.3 Å². The minimum absolute atomic E-state index is 0.142. The van der Waals surface area contributed by atoms with E-state index in [9.17, 15) is 4.79 Å². The molecule has 2 saturated heterocycles. The van der Waals surface area contributed by atoms with Crippen LogP contribution in [-0.4, -0.2) is 73.7 Å². The Morgan fingerprint density at radius 3 is 2.73 bits per heavy atom. The molecule has 0 spiro atoms. The highest BCUT2D eigenvalue weighted by Crippen LogP contribution is 2.42. The lowest BCUT2D eigenvalue weighted by Gasteiger charge is -2.41. The van der Waals surface area contributed by atoms with E-state index in [0.29, 0.717) is 12.6 Å². The van der Waals surface area contributed by atoms with E-state index in [1.165, 1.54) is 5.56 Å². The molecule has 0 saturated carbocycles. The number of likely N-dealkylation sites (N-methyl/N-ethyl adjacent to an activating group) is 1. The number of hydrogen-bond donors (Lipinski definition) is 1. The summed E-state index contributed by atoms with van der Waals surface area (Å²) in [5.74, 6) is 0.207. The molecule has 2 aromatic rings. The average molecular weight is 429 g/mol. The van der Waals surface area contributed by atoms with Gasteiger partial charge in [-0.2, -0.15) is 0 Å². The smallest absolute Gasteiger partial charge is 0.236 e. The molecule has 0 bridgehead atoms. The van der Waals surface area contributed by atoms with Gasteiger partial charge in [-0.1, -0.05) is 30.3 Å². The summed E-state index contributed by atoms with van der Waals surface area (Å²) >= 11 is 1.67. The number of likely N-dealkylation sites (tertiary alicyclic amines) is 1. The molecule has 1 unspecified atom stereocenters. The van der Waals surface area contributed by atoms with Gasteiger partial charge in [-0.15, -0.1) is 11.3 Å². The first-order valence-corrected chi connectivity index (χ1v) is 11.7. The Balaban J connectivity index is 1.51. The predicted molar refractivity (Wildman–Crippen MR) is 121 cm³/mol. The quantitative estimate of drug-likeness (QED) is 0.734. The number of nitrogens with zero attached hydrogens (tertiary/aromatic N) is 3. The van der Waals surface area contributed by atoms with Crippen molar-refractivity contribution < 1.29 is 9.53 Å². The molecular weight excluding hydrogens is 396 g/mol. The Bertz CT molecular complexity index is 825. The highest BCUT2D eigenvalue weighted by molar-refractivity contribution is 7.13. The van der Waals surface area contributed by atoms with Crippen LogP contribution < -0.4 is 5.32 Å². The van der Waals surface area contributed by atoms with Gasteiger partial charge in [0.1, 0.15) is 0 Å².